The maximum atomic E-state index is 6.41. The van der Waals surface area contributed by atoms with E-state index in [0.717, 1.165) is 34.6 Å². The average molecular weight is 356 g/mol. The van der Waals surface area contributed by atoms with Crippen LogP contribution >= 0.6 is 27.5 Å². The van der Waals surface area contributed by atoms with Gasteiger partial charge < -0.3 is 0 Å². The van der Waals surface area contributed by atoms with Gasteiger partial charge in [-0.1, -0.05) is 64.8 Å². The largest absolute Gasteiger partial charge is 0.257 e. The molecule has 1 unspecified atom stereocenters. The third-order valence-corrected chi connectivity index (χ3v) is 5.65. The smallest absolute Gasteiger partial charge is 0.130 e. The Bertz CT molecular complexity index is 574. The Morgan fingerprint density at radius 3 is 2.40 bits per heavy atom. The number of hydrogen-bond acceptors (Lipinski definition) is 1. The van der Waals surface area contributed by atoms with Crippen LogP contribution in [0.25, 0.3) is 0 Å². The number of nitrogens with zero attached hydrogens (tertiary/aromatic N) is 2. The normalized spacial score (nSPS) is 14.2. The lowest BCUT2D eigenvalue weighted by Crippen LogP contribution is -2.30. The van der Waals surface area contributed by atoms with Crippen LogP contribution in [0.5, 0.6) is 0 Å². The molecule has 0 spiro atoms. The Kier molecular flexibility index (Phi) is 4.92. The molecule has 1 aromatic carbocycles. The van der Waals surface area contributed by atoms with Gasteiger partial charge >= 0.3 is 0 Å². The van der Waals surface area contributed by atoms with Gasteiger partial charge in [-0.3, -0.25) is 4.68 Å². The second-order valence-electron chi connectivity index (χ2n) is 5.29. The van der Waals surface area contributed by atoms with Crippen LogP contribution in [-0.2, 0) is 18.9 Å². The molecule has 0 saturated heterocycles. The molecule has 4 heteroatoms. The molecule has 0 amide bonds. The first-order valence-electron chi connectivity index (χ1n) is 6.83. The number of alkyl halides is 1. The van der Waals surface area contributed by atoms with E-state index in [2.05, 4.69) is 58.3 Å². The number of rotatable bonds is 5. The van der Waals surface area contributed by atoms with Gasteiger partial charge in [0.15, 0.2) is 0 Å². The fourth-order valence-corrected chi connectivity index (χ4v) is 3.81. The number of aromatic nitrogens is 2. The molecule has 2 rings (SSSR count). The maximum Gasteiger partial charge on any atom is 0.130 e. The summed E-state index contributed by atoms with van der Waals surface area (Å²) in [6.07, 6.45) is 1.95. The van der Waals surface area contributed by atoms with E-state index in [1.807, 2.05) is 14.0 Å². The van der Waals surface area contributed by atoms with Crippen LogP contribution < -0.4 is 0 Å². The topological polar surface area (TPSA) is 17.8 Å². The van der Waals surface area contributed by atoms with Crippen molar-refractivity contribution in [2.24, 2.45) is 7.05 Å². The van der Waals surface area contributed by atoms with Crippen LogP contribution in [0.2, 0.25) is 5.15 Å². The quantitative estimate of drug-likeness (QED) is 0.713. The zero-order chi connectivity index (χ0) is 14.8. The third-order valence-electron chi connectivity index (χ3n) is 4.10. The minimum absolute atomic E-state index is 0.0543. The van der Waals surface area contributed by atoms with Gasteiger partial charge in [0.25, 0.3) is 0 Å². The van der Waals surface area contributed by atoms with E-state index in [9.17, 15) is 0 Å². The lowest BCUT2D eigenvalue weighted by Gasteiger charge is -2.31. The fraction of sp³-hybridized carbons (Fsp3) is 0.438. The van der Waals surface area contributed by atoms with Gasteiger partial charge in [0, 0.05) is 23.4 Å². The molecule has 0 aliphatic rings. The van der Waals surface area contributed by atoms with Crippen LogP contribution in [0, 0.1) is 6.92 Å². The van der Waals surface area contributed by atoms with Gasteiger partial charge in [0.1, 0.15) is 5.15 Å². The molecule has 0 aliphatic carbocycles. The Morgan fingerprint density at radius 1 is 1.30 bits per heavy atom. The first-order chi connectivity index (χ1) is 9.54. The molecule has 0 N–H and O–H groups in total. The van der Waals surface area contributed by atoms with Crippen LogP contribution in [0.1, 0.15) is 30.2 Å². The lowest BCUT2D eigenvalue weighted by atomic mass is 9.75. The van der Waals surface area contributed by atoms with Crippen molar-refractivity contribution in [2.45, 2.75) is 32.1 Å². The van der Waals surface area contributed by atoms with Gasteiger partial charge in [-0.05, 0) is 25.3 Å². The van der Waals surface area contributed by atoms with Crippen molar-refractivity contribution in [3.63, 3.8) is 0 Å². The van der Waals surface area contributed by atoms with Crippen molar-refractivity contribution in [1.82, 2.24) is 9.78 Å². The van der Waals surface area contributed by atoms with E-state index in [0.29, 0.717) is 0 Å². The minimum atomic E-state index is 0.0543. The molecule has 0 fully saturated rings. The summed E-state index contributed by atoms with van der Waals surface area (Å²) in [7, 11) is 1.89. The highest BCUT2D eigenvalue weighted by Crippen LogP contribution is 2.36. The molecule has 1 heterocycles. The average Bonchev–Trinajstić information content (AvgIpc) is 2.71. The molecule has 0 bridgehead atoms. The summed E-state index contributed by atoms with van der Waals surface area (Å²) in [5.74, 6) is 0. The summed E-state index contributed by atoms with van der Waals surface area (Å²) in [5, 5.41) is 6.08. The second kappa shape index (κ2) is 6.31. The van der Waals surface area contributed by atoms with Gasteiger partial charge in [0.2, 0.25) is 0 Å². The Hall–Kier alpha value is -0.800. The van der Waals surface area contributed by atoms with Gasteiger partial charge in [0.05, 0.1) is 5.69 Å². The molecule has 1 aromatic heterocycles. The molecule has 20 heavy (non-hydrogen) atoms. The van der Waals surface area contributed by atoms with E-state index < -0.39 is 0 Å². The fourth-order valence-electron chi connectivity index (χ4n) is 2.65. The van der Waals surface area contributed by atoms with E-state index >= 15 is 0 Å². The SMILES string of the molecule is CCC(CBr)(Cc1c(C)nn(C)c1Cl)c1ccccc1. The number of hydrogen-bond donors (Lipinski definition) is 0. The third kappa shape index (κ3) is 2.79. The maximum absolute atomic E-state index is 6.41. The predicted molar refractivity (Wildman–Crippen MR) is 88.9 cm³/mol. The monoisotopic (exact) mass is 354 g/mol. The minimum Gasteiger partial charge on any atom is -0.257 e. The summed E-state index contributed by atoms with van der Waals surface area (Å²) in [6, 6.07) is 10.6. The summed E-state index contributed by atoms with van der Waals surface area (Å²) in [6.45, 7) is 4.26. The molecule has 108 valence electrons. The zero-order valence-electron chi connectivity index (χ0n) is 12.2. The van der Waals surface area contributed by atoms with Crippen molar-refractivity contribution in [3.05, 3.63) is 52.3 Å². The van der Waals surface area contributed by atoms with Crippen molar-refractivity contribution in [2.75, 3.05) is 5.33 Å². The zero-order valence-corrected chi connectivity index (χ0v) is 14.5. The molecule has 0 saturated carbocycles. The van der Waals surface area contributed by atoms with Crippen molar-refractivity contribution >= 4 is 27.5 Å². The van der Waals surface area contributed by atoms with Crippen molar-refractivity contribution < 1.29 is 0 Å². The van der Waals surface area contributed by atoms with Crippen LogP contribution in [-0.4, -0.2) is 15.1 Å². The lowest BCUT2D eigenvalue weighted by molar-refractivity contribution is 0.463. The van der Waals surface area contributed by atoms with Gasteiger partial charge in [-0.25, -0.2) is 0 Å². The summed E-state index contributed by atoms with van der Waals surface area (Å²) in [4.78, 5) is 0. The summed E-state index contributed by atoms with van der Waals surface area (Å²) >= 11 is 10.1. The predicted octanol–water partition coefficient (Wildman–Crippen LogP) is 4.67. The van der Waals surface area contributed by atoms with Gasteiger partial charge in [-0.15, -0.1) is 0 Å². The van der Waals surface area contributed by atoms with E-state index in [4.69, 9.17) is 11.6 Å². The number of benzene rings is 1. The van der Waals surface area contributed by atoms with E-state index in [1.165, 1.54) is 5.56 Å². The first kappa shape index (κ1) is 15.6. The molecule has 2 aromatic rings. The van der Waals surface area contributed by atoms with Gasteiger partial charge in [-0.2, -0.15) is 5.10 Å². The highest BCUT2D eigenvalue weighted by Gasteiger charge is 2.31. The standard InChI is InChI=1S/C16H20BrClN2/c1-4-16(11-17,13-8-6-5-7-9-13)10-14-12(2)19-20(3)15(14)18/h5-9H,4,10-11H2,1-3H3. The molecule has 2 nitrogen and oxygen atoms in total. The summed E-state index contributed by atoms with van der Waals surface area (Å²) < 4.78 is 1.76. The van der Waals surface area contributed by atoms with E-state index in [-0.39, 0.29) is 5.41 Å². The Morgan fingerprint density at radius 2 is 1.95 bits per heavy atom. The number of aryl methyl sites for hydroxylation is 2. The highest BCUT2D eigenvalue weighted by atomic mass is 79.9. The molecular weight excluding hydrogens is 336 g/mol. The second-order valence-corrected chi connectivity index (χ2v) is 6.21. The molecule has 1 atom stereocenters. The first-order valence-corrected chi connectivity index (χ1v) is 8.33. The molecule has 0 radical (unpaired) electrons. The molecule has 0 aliphatic heterocycles. The number of halogens is 2. The van der Waals surface area contributed by atoms with Crippen LogP contribution in [0.4, 0.5) is 0 Å². The molecular formula is C16H20BrClN2. The van der Waals surface area contributed by atoms with Crippen LogP contribution in [0.3, 0.4) is 0 Å². The Labute approximate surface area is 134 Å². The van der Waals surface area contributed by atoms with Crippen LogP contribution in [0.15, 0.2) is 30.3 Å². The van der Waals surface area contributed by atoms with Crippen molar-refractivity contribution in [1.29, 1.82) is 0 Å². The Balaban J connectivity index is 2.45. The highest BCUT2D eigenvalue weighted by molar-refractivity contribution is 9.09. The van der Waals surface area contributed by atoms with Crippen molar-refractivity contribution in [3.8, 4) is 0 Å². The summed E-state index contributed by atoms with van der Waals surface area (Å²) in [5.41, 5.74) is 3.57. The van der Waals surface area contributed by atoms with E-state index in [1.54, 1.807) is 4.68 Å².